The average molecular weight is 393 g/mol. The molecule has 0 heterocycles. The topological polar surface area (TPSA) is 90.9 Å². The molecule has 0 fully saturated rings. The number of hydrogen-bond donors (Lipinski definition) is 1. The van der Waals surface area contributed by atoms with E-state index in [1.807, 2.05) is 13.0 Å². The number of nitrogens with one attached hydrogen (secondary N) is 1. The van der Waals surface area contributed by atoms with Gasteiger partial charge in [0.05, 0.1) is 13.2 Å². The Labute approximate surface area is 166 Å². The fourth-order valence-corrected chi connectivity index (χ4v) is 2.55. The van der Waals surface area contributed by atoms with Crippen LogP contribution in [0, 0.1) is 0 Å². The predicted molar refractivity (Wildman–Crippen MR) is 106 cm³/mol. The number of carbonyl (C=O) groups excluding carboxylic acids is 3. The minimum Gasteiger partial charge on any atom is -0.463 e. The molecule has 0 saturated carbocycles. The highest BCUT2D eigenvalue weighted by atomic mass is 16.6. The maximum atomic E-state index is 11.9. The smallest absolute Gasteiger partial charge is 0.407 e. The van der Waals surface area contributed by atoms with Crippen LogP contribution in [0.2, 0.25) is 0 Å². The number of rotatable bonds is 10. The monoisotopic (exact) mass is 393 g/mol. The molecule has 0 aromatic rings. The molecule has 0 radical (unpaired) electrons. The molecule has 1 aliphatic rings. The molecule has 1 aliphatic carbocycles. The van der Waals surface area contributed by atoms with Crippen LogP contribution in [-0.2, 0) is 23.8 Å². The Hall–Kier alpha value is -2.57. The molecule has 0 saturated heterocycles. The first-order valence-corrected chi connectivity index (χ1v) is 9.80. The summed E-state index contributed by atoms with van der Waals surface area (Å²) in [5, 5.41) is 2.81. The van der Waals surface area contributed by atoms with Gasteiger partial charge in [-0.2, -0.15) is 0 Å². The van der Waals surface area contributed by atoms with E-state index < -0.39 is 24.1 Å². The van der Waals surface area contributed by atoms with Crippen LogP contribution in [0.5, 0.6) is 0 Å². The standard InChI is InChI=1S/C21H31NO6/c1-4-6-14-27-19(23)12-10-16(3)28-20(24)13-11-17-8-7-9-18(15-17)22-21(25)26-5-2/h8,10-13,16,18H,4-7,9,14-15H2,1-3H3,(H,22,25)/b12-10-,13-11+/t16?,18-/m1/s1. The molecule has 0 aromatic heterocycles. The molecule has 7 nitrogen and oxygen atoms in total. The number of alkyl carbamates (subject to hydrolysis) is 1. The highest BCUT2D eigenvalue weighted by Gasteiger charge is 2.17. The van der Waals surface area contributed by atoms with Crippen molar-refractivity contribution in [3.8, 4) is 0 Å². The van der Waals surface area contributed by atoms with Crippen molar-refractivity contribution in [1.82, 2.24) is 5.32 Å². The van der Waals surface area contributed by atoms with E-state index >= 15 is 0 Å². The average Bonchev–Trinajstić information content (AvgIpc) is 2.65. The molecule has 1 rings (SSSR count). The van der Waals surface area contributed by atoms with Gasteiger partial charge < -0.3 is 19.5 Å². The van der Waals surface area contributed by atoms with Crippen molar-refractivity contribution in [2.45, 2.75) is 65.0 Å². The minimum atomic E-state index is -0.547. The van der Waals surface area contributed by atoms with E-state index in [9.17, 15) is 14.4 Å². The zero-order chi connectivity index (χ0) is 20.8. The fraction of sp³-hybridized carbons (Fsp3) is 0.571. The minimum absolute atomic E-state index is 0.0136. The maximum Gasteiger partial charge on any atom is 0.407 e. The second-order valence-corrected chi connectivity index (χ2v) is 6.48. The second-order valence-electron chi connectivity index (χ2n) is 6.48. The van der Waals surface area contributed by atoms with E-state index in [-0.39, 0.29) is 6.04 Å². The van der Waals surface area contributed by atoms with Gasteiger partial charge in [-0.1, -0.05) is 25.5 Å². The summed E-state index contributed by atoms with van der Waals surface area (Å²) in [6, 6.07) is -0.0136. The van der Waals surface area contributed by atoms with Gasteiger partial charge in [0.25, 0.3) is 0 Å². The lowest BCUT2D eigenvalue weighted by atomic mass is 9.94. The van der Waals surface area contributed by atoms with Gasteiger partial charge in [0.1, 0.15) is 6.10 Å². The Bertz CT molecular complexity index is 608. The van der Waals surface area contributed by atoms with E-state index in [1.165, 1.54) is 18.2 Å². The predicted octanol–water partition coefficient (Wildman–Crippen LogP) is 3.60. The van der Waals surface area contributed by atoms with Gasteiger partial charge in [0, 0.05) is 18.2 Å². The van der Waals surface area contributed by atoms with Gasteiger partial charge >= 0.3 is 18.0 Å². The number of allylic oxidation sites excluding steroid dienone is 2. The van der Waals surface area contributed by atoms with Crippen LogP contribution in [0.4, 0.5) is 4.79 Å². The lowest BCUT2D eigenvalue weighted by Gasteiger charge is -2.22. The molecule has 28 heavy (non-hydrogen) atoms. The molecule has 0 aromatic carbocycles. The molecular weight excluding hydrogens is 362 g/mol. The van der Waals surface area contributed by atoms with Crippen molar-refractivity contribution in [2.75, 3.05) is 13.2 Å². The van der Waals surface area contributed by atoms with Crippen LogP contribution >= 0.6 is 0 Å². The molecule has 1 unspecified atom stereocenters. The summed E-state index contributed by atoms with van der Waals surface area (Å²) in [5.41, 5.74) is 0.952. The van der Waals surface area contributed by atoms with Crippen LogP contribution in [0.25, 0.3) is 0 Å². The van der Waals surface area contributed by atoms with Gasteiger partial charge in [-0.05, 0) is 51.2 Å². The van der Waals surface area contributed by atoms with Gasteiger partial charge in [-0.3, -0.25) is 0 Å². The largest absolute Gasteiger partial charge is 0.463 e. The lowest BCUT2D eigenvalue weighted by Crippen LogP contribution is -2.36. The SMILES string of the molecule is CCCCOC(=O)/C=C\C(C)OC(=O)/C=C/C1=CCC[C@@H](NC(=O)OCC)C1. The molecule has 1 amide bonds. The third-order valence-corrected chi connectivity index (χ3v) is 3.98. The van der Waals surface area contributed by atoms with E-state index in [1.54, 1.807) is 19.9 Å². The van der Waals surface area contributed by atoms with Crippen molar-refractivity contribution in [3.63, 3.8) is 0 Å². The molecule has 0 bridgehead atoms. The van der Waals surface area contributed by atoms with Gasteiger partial charge in [0.2, 0.25) is 0 Å². The molecule has 1 N–H and O–H groups in total. The summed E-state index contributed by atoms with van der Waals surface area (Å²) >= 11 is 0. The molecule has 156 valence electrons. The third-order valence-electron chi connectivity index (χ3n) is 3.98. The molecule has 7 heteroatoms. The van der Waals surface area contributed by atoms with E-state index in [0.29, 0.717) is 19.6 Å². The first-order chi connectivity index (χ1) is 13.4. The maximum absolute atomic E-state index is 11.9. The summed E-state index contributed by atoms with van der Waals surface area (Å²) in [5.74, 6) is -0.947. The van der Waals surface area contributed by atoms with Crippen LogP contribution in [-0.4, -0.2) is 43.4 Å². The zero-order valence-corrected chi connectivity index (χ0v) is 16.9. The highest BCUT2D eigenvalue weighted by molar-refractivity contribution is 5.83. The van der Waals surface area contributed by atoms with Crippen LogP contribution in [0.3, 0.4) is 0 Å². The molecular formula is C21H31NO6. The highest BCUT2D eigenvalue weighted by Crippen LogP contribution is 2.19. The van der Waals surface area contributed by atoms with E-state index in [0.717, 1.165) is 31.3 Å². The van der Waals surface area contributed by atoms with Crippen molar-refractivity contribution >= 4 is 18.0 Å². The first kappa shape index (κ1) is 23.5. The Balaban J connectivity index is 2.39. The molecule has 2 atom stereocenters. The number of esters is 2. The summed E-state index contributed by atoms with van der Waals surface area (Å²) in [7, 11) is 0. The van der Waals surface area contributed by atoms with Gasteiger partial charge in [-0.15, -0.1) is 0 Å². The van der Waals surface area contributed by atoms with E-state index in [2.05, 4.69) is 5.32 Å². The number of ether oxygens (including phenoxy) is 3. The Morgan fingerprint density at radius 3 is 2.71 bits per heavy atom. The lowest BCUT2D eigenvalue weighted by molar-refractivity contribution is -0.141. The van der Waals surface area contributed by atoms with Crippen molar-refractivity contribution < 1.29 is 28.6 Å². The number of hydrogen-bond acceptors (Lipinski definition) is 6. The Morgan fingerprint density at radius 2 is 2.00 bits per heavy atom. The molecule has 0 spiro atoms. The summed E-state index contributed by atoms with van der Waals surface area (Å²) in [6.07, 6.45) is 10.9. The normalized spacial score (nSPS) is 17.8. The summed E-state index contributed by atoms with van der Waals surface area (Å²) < 4.78 is 15.1. The van der Waals surface area contributed by atoms with Crippen molar-refractivity contribution in [3.05, 3.63) is 36.0 Å². The van der Waals surface area contributed by atoms with Crippen molar-refractivity contribution in [2.24, 2.45) is 0 Å². The second kappa shape index (κ2) is 13.6. The Morgan fingerprint density at radius 1 is 1.21 bits per heavy atom. The van der Waals surface area contributed by atoms with Gasteiger partial charge in [0.15, 0.2) is 0 Å². The first-order valence-electron chi connectivity index (χ1n) is 9.80. The third kappa shape index (κ3) is 10.5. The zero-order valence-electron chi connectivity index (χ0n) is 16.9. The fourth-order valence-electron chi connectivity index (χ4n) is 2.55. The van der Waals surface area contributed by atoms with Crippen LogP contribution in [0.15, 0.2) is 36.0 Å². The molecule has 0 aliphatic heterocycles. The number of carbonyl (C=O) groups is 3. The van der Waals surface area contributed by atoms with Crippen molar-refractivity contribution in [1.29, 1.82) is 0 Å². The number of unbranched alkanes of at least 4 members (excludes halogenated alkanes) is 1. The van der Waals surface area contributed by atoms with Gasteiger partial charge in [-0.25, -0.2) is 14.4 Å². The Kier molecular flexibility index (Phi) is 11.4. The van der Waals surface area contributed by atoms with E-state index in [4.69, 9.17) is 14.2 Å². The summed E-state index contributed by atoms with van der Waals surface area (Å²) in [6.45, 7) is 6.15. The number of amides is 1. The quantitative estimate of drug-likeness (QED) is 0.264. The van der Waals surface area contributed by atoms with Crippen LogP contribution < -0.4 is 5.32 Å². The van der Waals surface area contributed by atoms with Crippen LogP contribution in [0.1, 0.15) is 52.9 Å². The summed E-state index contributed by atoms with van der Waals surface area (Å²) in [4.78, 5) is 34.9.